The molecule has 0 amide bonds. The Kier molecular flexibility index (Phi) is 7.22. The van der Waals surface area contributed by atoms with E-state index in [-0.39, 0.29) is 23.5 Å². The number of benzene rings is 2. The predicted molar refractivity (Wildman–Crippen MR) is 135 cm³/mol. The summed E-state index contributed by atoms with van der Waals surface area (Å²) in [5.41, 5.74) is 3.07. The average Bonchev–Trinajstić information content (AvgIpc) is 2.86. The van der Waals surface area contributed by atoms with E-state index >= 15 is 0 Å². The van der Waals surface area contributed by atoms with Crippen LogP contribution in [0.15, 0.2) is 36.4 Å². The minimum atomic E-state index is -0.575. The summed E-state index contributed by atoms with van der Waals surface area (Å²) in [6.45, 7) is 1.23. The van der Waals surface area contributed by atoms with Crippen molar-refractivity contribution in [3.63, 3.8) is 0 Å². The molecule has 0 radical (unpaired) electrons. The van der Waals surface area contributed by atoms with Gasteiger partial charge in [-0.05, 0) is 98.1 Å². The van der Waals surface area contributed by atoms with Crippen molar-refractivity contribution in [1.82, 2.24) is 0 Å². The van der Waals surface area contributed by atoms with Gasteiger partial charge < -0.3 is 24.1 Å². The Morgan fingerprint density at radius 1 is 0.944 bits per heavy atom. The largest absolute Gasteiger partial charge is 0.507 e. The predicted octanol–water partition coefficient (Wildman–Crippen LogP) is 5.05. The van der Waals surface area contributed by atoms with E-state index in [2.05, 4.69) is 17.9 Å². The number of carbonyl (C=O) groups excluding carboxylic acids is 1. The number of phenolic OH excluding ortho intramolecular Hbond substituents is 1. The van der Waals surface area contributed by atoms with Crippen LogP contribution >= 0.6 is 0 Å². The number of hydrogen-bond donors (Lipinski definition) is 1. The minimum absolute atomic E-state index is 0.126. The quantitative estimate of drug-likeness (QED) is 0.242. The molecule has 6 nitrogen and oxygen atoms in total. The molecule has 0 unspecified atom stereocenters. The third-order valence-corrected chi connectivity index (χ3v) is 8.07. The third kappa shape index (κ3) is 5.09. The van der Waals surface area contributed by atoms with Gasteiger partial charge in [-0.25, -0.2) is 4.79 Å². The lowest BCUT2D eigenvalue weighted by atomic mass is 9.48. The molecule has 6 rings (SSSR count). The molecule has 0 heterocycles. The monoisotopic (exact) mass is 490 g/mol. The first-order valence-corrected chi connectivity index (χ1v) is 12.8. The summed E-state index contributed by atoms with van der Waals surface area (Å²) < 4.78 is 21.5. The van der Waals surface area contributed by atoms with Crippen LogP contribution in [-0.2, 0) is 19.6 Å². The van der Waals surface area contributed by atoms with Gasteiger partial charge in [-0.2, -0.15) is 0 Å². The number of rotatable bonds is 8. The van der Waals surface area contributed by atoms with E-state index in [4.69, 9.17) is 18.9 Å². The molecular formula is C30H34O6. The Balaban J connectivity index is 1.42. The SMILES string of the molecule is COCCOCOc1ccc(C#Cc2ccc(C(=O)OC)c(O)c2)cc1C12CC3CC(CC(C3)C1)C2. The van der Waals surface area contributed by atoms with Gasteiger partial charge in [0.15, 0.2) is 6.79 Å². The number of esters is 1. The lowest BCUT2D eigenvalue weighted by molar-refractivity contribution is -0.0189. The van der Waals surface area contributed by atoms with E-state index in [1.165, 1.54) is 63.3 Å². The van der Waals surface area contributed by atoms with Crippen LogP contribution in [0.3, 0.4) is 0 Å². The van der Waals surface area contributed by atoms with Gasteiger partial charge in [0.25, 0.3) is 0 Å². The first-order valence-electron chi connectivity index (χ1n) is 12.8. The summed E-state index contributed by atoms with van der Waals surface area (Å²) in [6, 6.07) is 10.9. The van der Waals surface area contributed by atoms with Crippen molar-refractivity contribution in [2.24, 2.45) is 17.8 Å². The highest BCUT2D eigenvalue weighted by Crippen LogP contribution is 2.61. The number of aromatic hydroxyl groups is 1. The Labute approximate surface area is 212 Å². The molecule has 6 heteroatoms. The van der Waals surface area contributed by atoms with Crippen LogP contribution in [0.4, 0.5) is 0 Å². The Hall–Kier alpha value is -3.01. The molecule has 2 aromatic carbocycles. The summed E-state index contributed by atoms with van der Waals surface area (Å²) in [6.07, 6.45) is 7.79. The molecule has 4 saturated carbocycles. The van der Waals surface area contributed by atoms with Crippen LogP contribution < -0.4 is 4.74 Å². The Morgan fingerprint density at radius 3 is 2.19 bits per heavy atom. The van der Waals surface area contributed by atoms with Crippen LogP contribution in [0.25, 0.3) is 0 Å². The first kappa shape index (κ1) is 24.7. The lowest BCUT2D eigenvalue weighted by Crippen LogP contribution is -2.48. The van der Waals surface area contributed by atoms with E-state index in [1.54, 1.807) is 13.2 Å². The maximum atomic E-state index is 11.7. The van der Waals surface area contributed by atoms with Gasteiger partial charge in [-0.3, -0.25) is 0 Å². The molecule has 4 bridgehead atoms. The molecule has 0 saturated heterocycles. The number of methoxy groups -OCH3 is 2. The van der Waals surface area contributed by atoms with Crippen molar-refractivity contribution in [2.45, 2.75) is 43.9 Å². The van der Waals surface area contributed by atoms with Crippen molar-refractivity contribution in [1.29, 1.82) is 0 Å². The molecule has 4 fully saturated rings. The molecule has 2 aromatic rings. The summed E-state index contributed by atoms with van der Waals surface area (Å²) in [5, 5.41) is 10.2. The zero-order valence-corrected chi connectivity index (χ0v) is 21.0. The molecule has 1 N–H and O–H groups in total. The zero-order valence-electron chi connectivity index (χ0n) is 21.0. The second-order valence-electron chi connectivity index (χ2n) is 10.5. The van der Waals surface area contributed by atoms with Crippen LogP contribution in [-0.4, -0.2) is 45.3 Å². The highest BCUT2D eigenvalue weighted by Gasteiger charge is 2.52. The molecule has 0 aliphatic heterocycles. The molecule has 0 atom stereocenters. The summed E-state index contributed by atoms with van der Waals surface area (Å²) in [5.74, 6) is 9.00. The van der Waals surface area contributed by atoms with E-state index < -0.39 is 5.97 Å². The van der Waals surface area contributed by atoms with Gasteiger partial charge in [0, 0.05) is 23.8 Å². The van der Waals surface area contributed by atoms with E-state index in [1.807, 2.05) is 12.1 Å². The van der Waals surface area contributed by atoms with Crippen molar-refractivity contribution < 1.29 is 28.8 Å². The maximum absolute atomic E-state index is 11.7. The third-order valence-electron chi connectivity index (χ3n) is 8.07. The van der Waals surface area contributed by atoms with Crippen LogP contribution in [0.1, 0.15) is 65.6 Å². The second kappa shape index (κ2) is 10.5. The first-order chi connectivity index (χ1) is 17.5. The fourth-order valence-electron chi connectivity index (χ4n) is 6.93. The fraction of sp³-hybridized carbons (Fsp3) is 0.500. The molecule has 4 aliphatic rings. The van der Waals surface area contributed by atoms with Crippen molar-refractivity contribution in [3.8, 4) is 23.3 Å². The van der Waals surface area contributed by atoms with E-state index in [0.29, 0.717) is 18.8 Å². The second-order valence-corrected chi connectivity index (χ2v) is 10.5. The highest BCUT2D eigenvalue weighted by molar-refractivity contribution is 5.92. The number of hydrogen-bond acceptors (Lipinski definition) is 6. The molecule has 190 valence electrons. The van der Waals surface area contributed by atoms with Crippen molar-refractivity contribution in [2.75, 3.05) is 34.2 Å². The van der Waals surface area contributed by atoms with Gasteiger partial charge >= 0.3 is 5.97 Å². The highest BCUT2D eigenvalue weighted by atomic mass is 16.7. The topological polar surface area (TPSA) is 74.2 Å². The van der Waals surface area contributed by atoms with Gasteiger partial charge in [0.1, 0.15) is 17.1 Å². The fourth-order valence-corrected chi connectivity index (χ4v) is 6.93. The lowest BCUT2D eigenvalue weighted by Gasteiger charge is -2.57. The Bertz CT molecular complexity index is 1140. The molecular weight excluding hydrogens is 456 g/mol. The Morgan fingerprint density at radius 2 is 1.58 bits per heavy atom. The number of phenols is 1. The van der Waals surface area contributed by atoms with Gasteiger partial charge in [0.05, 0.1) is 20.3 Å². The summed E-state index contributed by atoms with van der Waals surface area (Å²) in [4.78, 5) is 11.7. The number of carbonyl (C=O) groups is 1. The van der Waals surface area contributed by atoms with Crippen molar-refractivity contribution >= 4 is 5.97 Å². The standard InChI is InChI=1S/C30H34O6/c1-33-9-10-35-19-36-28-8-6-20(3-4-21-5-7-25(27(31)15-21)29(32)34-2)14-26(28)30-16-22-11-23(17-30)13-24(12-22)18-30/h5-8,14-15,22-24,31H,9-13,16-19H2,1-2H3. The molecule has 4 aliphatic carbocycles. The summed E-state index contributed by atoms with van der Waals surface area (Å²) >= 11 is 0. The van der Waals surface area contributed by atoms with E-state index in [9.17, 15) is 9.90 Å². The van der Waals surface area contributed by atoms with Crippen LogP contribution in [0.5, 0.6) is 11.5 Å². The minimum Gasteiger partial charge on any atom is -0.507 e. The smallest absolute Gasteiger partial charge is 0.341 e. The van der Waals surface area contributed by atoms with Crippen LogP contribution in [0, 0.1) is 29.6 Å². The molecule has 36 heavy (non-hydrogen) atoms. The van der Waals surface area contributed by atoms with E-state index in [0.717, 1.165) is 29.1 Å². The van der Waals surface area contributed by atoms with Gasteiger partial charge in [-0.1, -0.05) is 11.8 Å². The zero-order chi connectivity index (χ0) is 25.1. The number of ether oxygens (including phenoxy) is 4. The van der Waals surface area contributed by atoms with Gasteiger partial charge in [-0.15, -0.1) is 0 Å². The molecule has 0 spiro atoms. The average molecular weight is 491 g/mol. The summed E-state index contributed by atoms with van der Waals surface area (Å²) in [7, 11) is 2.94. The van der Waals surface area contributed by atoms with Gasteiger partial charge in [0.2, 0.25) is 0 Å². The maximum Gasteiger partial charge on any atom is 0.341 e. The normalized spacial score (nSPS) is 25.8. The molecule has 0 aromatic heterocycles. The van der Waals surface area contributed by atoms with Crippen molar-refractivity contribution in [3.05, 3.63) is 58.7 Å². The van der Waals surface area contributed by atoms with Crippen LogP contribution in [0.2, 0.25) is 0 Å².